The second-order valence-corrected chi connectivity index (χ2v) is 11.4. The largest absolute Gasteiger partial charge is 0.497 e. The highest BCUT2D eigenvalue weighted by molar-refractivity contribution is 5.98. The summed E-state index contributed by atoms with van der Waals surface area (Å²) >= 11 is 0. The van der Waals surface area contributed by atoms with Crippen LogP contribution in [0.1, 0.15) is 27.8 Å². The van der Waals surface area contributed by atoms with Crippen molar-refractivity contribution in [1.29, 1.82) is 0 Å². The molecule has 9 nitrogen and oxygen atoms in total. The van der Waals surface area contributed by atoms with Gasteiger partial charge in [-0.15, -0.1) is 0 Å². The van der Waals surface area contributed by atoms with E-state index in [1.807, 2.05) is 78.9 Å². The molecular weight excluding hydrogens is 594 g/mol. The molecular formula is C38H37N3O6. The van der Waals surface area contributed by atoms with E-state index in [1.165, 1.54) is 11.7 Å². The first-order valence-corrected chi connectivity index (χ1v) is 15.3. The number of anilines is 1. The highest BCUT2D eigenvalue weighted by Crippen LogP contribution is 2.20. The van der Waals surface area contributed by atoms with Crippen LogP contribution in [0.2, 0.25) is 0 Å². The molecule has 0 unspecified atom stereocenters. The van der Waals surface area contributed by atoms with Gasteiger partial charge >= 0.3 is 5.97 Å². The summed E-state index contributed by atoms with van der Waals surface area (Å²) in [6.45, 7) is 2.05. The van der Waals surface area contributed by atoms with Gasteiger partial charge in [-0.1, -0.05) is 78.9 Å². The Morgan fingerprint density at radius 2 is 1.47 bits per heavy atom. The number of ether oxygens (including phenoxy) is 2. The summed E-state index contributed by atoms with van der Waals surface area (Å²) in [6, 6.07) is 29.0. The number of aryl methyl sites for hydroxylation is 1. The second-order valence-electron chi connectivity index (χ2n) is 11.4. The van der Waals surface area contributed by atoms with Gasteiger partial charge in [0.05, 0.1) is 33.6 Å². The maximum absolute atomic E-state index is 13.9. The maximum atomic E-state index is 13.9. The molecule has 0 saturated heterocycles. The summed E-state index contributed by atoms with van der Waals surface area (Å²) < 4.78 is 11.5. The quantitative estimate of drug-likeness (QED) is 0.188. The first-order valence-electron chi connectivity index (χ1n) is 15.3. The molecule has 240 valence electrons. The molecule has 0 aliphatic rings. The molecule has 1 aromatic heterocycles. The van der Waals surface area contributed by atoms with Crippen LogP contribution in [0.15, 0.2) is 108 Å². The highest BCUT2D eigenvalue weighted by atomic mass is 16.5. The van der Waals surface area contributed by atoms with E-state index in [2.05, 4.69) is 10.6 Å². The normalized spacial score (nSPS) is 11.5. The monoisotopic (exact) mass is 631 g/mol. The molecule has 0 spiro atoms. The Morgan fingerprint density at radius 1 is 0.787 bits per heavy atom. The van der Waals surface area contributed by atoms with Crippen LogP contribution in [0, 0.1) is 6.92 Å². The fraction of sp³-hybridized carbons (Fsp3) is 0.211. The minimum absolute atomic E-state index is 0.0717. The van der Waals surface area contributed by atoms with Gasteiger partial charge in [-0.2, -0.15) is 0 Å². The minimum Gasteiger partial charge on any atom is -0.497 e. The van der Waals surface area contributed by atoms with Crippen molar-refractivity contribution in [1.82, 2.24) is 9.88 Å². The maximum Gasteiger partial charge on any atom is 0.309 e. The fourth-order valence-corrected chi connectivity index (χ4v) is 5.42. The molecule has 0 aliphatic carbocycles. The van der Waals surface area contributed by atoms with Gasteiger partial charge in [0.1, 0.15) is 17.5 Å². The zero-order valence-corrected chi connectivity index (χ0v) is 26.6. The van der Waals surface area contributed by atoms with Crippen molar-refractivity contribution in [3.8, 4) is 5.75 Å². The summed E-state index contributed by atoms with van der Waals surface area (Å²) in [6.07, 6.45) is 2.05. The van der Waals surface area contributed by atoms with Crippen LogP contribution in [-0.2, 0) is 44.9 Å². The van der Waals surface area contributed by atoms with E-state index in [-0.39, 0.29) is 42.4 Å². The van der Waals surface area contributed by atoms with E-state index in [0.717, 1.165) is 33.0 Å². The predicted molar refractivity (Wildman–Crippen MR) is 182 cm³/mol. The molecule has 0 saturated carbocycles. The molecule has 9 heteroatoms. The third kappa shape index (κ3) is 8.32. The van der Waals surface area contributed by atoms with Crippen molar-refractivity contribution in [2.24, 2.45) is 0 Å². The number of rotatable bonds is 12. The van der Waals surface area contributed by atoms with Gasteiger partial charge in [-0.05, 0) is 63.7 Å². The number of nitrogens with one attached hydrogen (secondary N) is 2. The van der Waals surface area contributed by atoms with Crippen LogP contribution in [0.5, 0.6) is 5.75 Å². The number of esters is 1. The van der Waals surface area contributed by atoms with Gasteiger partial charge in [0.15, 0.2) is 0 Å². The molecule has 2 N–H and O–H groups in total. The van der Waals surface area contributed by atoms with Gasteiger partial charge in [0, 0.05) is 12.6 Å². The third-order valence-corrected chi connectivity index (χ3v) is 8.06. The smallest absolute Gasteiger partial charge is 0.309 e. The lowest BCUT2D eigenvalue weighted by molar-refractivity contribution is -0.139. The molecule has 0 bridgehead atoms. The summed E-state index contributed by atoms with van der Waals surface area (Å²) in [4.78, 5) is 52.6. The lowest BCUT2D eigenvalue weighted by Crippen LogP contribution is -2.46. The number of amides is 2. The van der Waals surface area contributed by atoms with Crippen molar-refractivity contribution in [3.63, 3.8) is 0 Å². The topological polar surface area (TPSA) is 116 Å². The second kappa shape index (κ2) is 15.1. The molecule has 5 rings (SSSR count). The van der Waals surface area contributed by atoms with Crippen molar-refractivity contribution in [2.45, 2.75) is 38.8 Å². The van der Waals surface area contributed by atoms with Crippen molar-refractivity contribution < 1.29 is 23.9 Å². The van der Waals surface area contributed by atoms with Crippen LogP contribution in [0.25, 0.3) is 10.8 Å². The lowest BCUT2D eigenvalue weighted by Gasteiger charge is -2.20. The van der Waals surface area contributed by atoms with E-state index in [1.54, 1.807) is 38.4 Å². The number of benzene rings is 4. The van der Waals surface area contributed by atoms with Gasteiger partial charge in [0.25, 0.3) is 5.56 Å². The van der Waals surface area contributed by atoms with Crippen molar-refractivity contribution in [2.75, 3.05) is 19.5 Å². The van der Waals surface area contributed by atoms with E-state index in [0.29, 0.717) is 17.9 Å². The Morgan fingerprint density at radius 3 is 2.19 bits per heavy atom. The molecule has 0 fully saturated rings. The van der Waals surface area contributed by atoms with Crippen molar-refractivity contribution >= 4 is 34.2 Å². The first-order chi connectivity index (χ1) is 22.7. The Bertz CT molecular complexity index is 1940. The molecule has 0 radical (unpaired) electrons. The molecule has 47 heavy (non-hydrogen) atoms. The lowest BCUT2D eigenvalue weighted by atomic mass is 10.0. The van der Waals surface area contributed by atoms with Gasteiger partial charge in [-0.25, -0.2) is 0 Å². The highest BCUT2D eigenvalue weighted by Gasteiger charge is 2.24. The van der Waals surface area contributed by atoms with Crippen LogP contribution in [0.4, 0.5) is 5.69 Å². The minimum atomic E-state index is -0.988. The Hall–Kier alpha value is -5.70. The van der Waals surface area contributed by atoms with E-state index >= 15 is 0 Å². The number of carbonyl (C=O) groups is 3. The number of hydrogen-bond donors (Lipinski definition) is 2. The van der Waals surface area contributed by atoms with Crippen LogP contribution in [0.3, 0.4) is 0 Å². The third-order valence-electron chi connectivity index (χ3n) is 8.06. The van der Waals surface area contributed by atoms with Gasteiger partial charge in [0.2, 0.25) is 11.8 Å². The molecule has 2 amide bonds. The van der Waals surface area contributed by atoms with E-state index in [9.17, 15) is 19.2 Å². The summed E-state index contributed by atoms with van der Waals surface area (Å²) in [5, 5.41) is 7.71. The average Bonchev–Trinajstić information content (AvgIpc) is 3.08. The number of hydrogen-bond acceptors (Lipinski definition) is 6. The van der Waals surface area contributed by atoms with Gasteiger partial charge in [-0.3, -0.25) is 19.2 Å². The number of carbonyl (C=O) groups excluding carboxylic acids is 3. The molecule has 1 atom stereocenters. The first kappa shape index (κ1) is 32.7. The Labute approximate surface area is 273 Å². The average molecular weight is 632 g/mol. The van der Waals surface area contributed by atoms with Gasteiger partial charge < -0.3 is 24.7 Å². The SMILES string of the molecule is COC(=O)Cc1ccc(C[C@H](NC(=O)Cc2cccc3ccccc23)C(=O)Nc2c(C)ccn(Cc3ccc(OC)cc3)c2=O)cc1. The summed E-state index contributed by atoms with van der Waals surface area (Å²) in [5.41, 5.74) is 3.65. The Kier molecular flexibility index (Phi) is 10.5. The summed E-state index contributed by atoms with van der Waals surface area (Å²) in [7, 11) is 2.93. The summed E-state index contributed by atoms with van der Waals surface area (Å²) in [5.74, 6) is -0.487. The predicted octanol–water partition coefficient (Wildman–Crippen LogP) is 4.99. The Balaban J connectivity index is 1.38. The zero-order valence-electron chi connectivity index (χ0n) is 26.6. The molecule has 1 heterocycles. The molecule has 5 aromatic rings. The van der Waals surface area contributed by atoms with Crippen LogP contribution < -0.4 is 20.9 Å². The van der Waals surface area contributed by atoms with E-state index in [4.69, 9.17) is 9.47 Å². The van der Waals surface area contributed by atoms with Crippen LogP contribution >= 0.6 is 0 Å². The standard InChI is InChI=1S/C38H37N3O6/c1-25-19-20-41(24-28-15-17-31(46-2)18-16-28)38(45)36(25)40-37(44)33(21-26-11-13-27(14-12-26)22-35(43)47-3)39-34(42)23-30-9-6-8-29-7-4-5-10-32(29)30/h4-20,33H,21-24H2,1-3H3,(H,39,42)(H,40,44)/t33-/m0/s1. The number of aromatic nitrogens is 1. The number of pyridine rings is 1. The molecule has 4 aromatic carbocycles. The zero-order chi connectivity index (χ0) is 33.3. The fourth-order valence-electron chi connectivity index (χ4n) is 5.42. The van der Waals surface area contributed by atoms with Crippen molar-refractivity contribution in [3.05, 3.63) is 141 Å². The number of nitrogens with zero attached hydrogens (tertiary/aromatic N) is 1. The van der Waals surface area contributed by atoms with E-state index < -0.39 is 11.9 Å². The van der Waals surface area contributed by atoms with Crippen LogP contribution in [-0.4, -0.2) is 42.6 Å². The number of fused-ring (bicyclic) bond motifs is 1. The number of methoxy groups -OCH3 is 2. The molecule has 0 aliphatic heterocycles.